The number of benzene rings is 3. The van der Waals surface area contributed by atoms with Gasteiger partial charge in [-0.1, -0.05) is 35.9 Å². The molecule has 0 spiro atoms. The van der Waals surface area contributed by atoms with E-state index in [0.717, 1.165) is 28.3 Å². The Kier molecular flexibility index (Phi) is 5.77. The number of rotatable bonds is 5. The molecule has 1 N–H and O–H groups in total. The zero-order valence-electron chi connectivity index (χ0n) is 16.3. The Balaban J connectivity index is 1.52. The van der Waals surface area contributed by atoms with Crippen LogP contribution in [0.2, 0.25) is 5.02 Å². The van der Waals surface area contributed by atoms with Gasteiger partial charge >= 0.3 is 0 Å². The number of hydrogen-bond acceptors (Lipinski definition) is 3. The van der Waals surface area contributed by atoms with Gasteiger partial charge in [-0.2, -0.15) is 0 Å². The SMILES string of the molecule is COc1ccc(-c2cccc(-c3ccc(NC(=O)c4cccc(Cl)c4)cc3)n2)cc1. The van der Waals surface area contributed by atoms with Gasteiger partial charge in [0.05, 0.1) is 18.5 Å². The maximum absolute atomic E-state index is 12.4. The fourth-order valence-corrected chi connectivity index (χ4v) is 3.27. The number of nitrogens with one attached hydrogen (secondary N) is 1. The zero-order chi connectivity index (χ0) is 20.9. The molecule has 1 amide bonds. The third-order valence-corrected chi connectivity index (χ3v) is 4.90. The van der Waals surface area contributed by atoms with Crippen LogP contribution in [0.15, 0.2) is 91.0 Å². The molecule has 30 heavy (non-hydrogen) atoms. The van der Waals surface area contributed by atoms with Gasteiger partial charge in [0.1, 0.15) is 5.75 Å². The summed E-state index contributed by atoms with van der Waals surface area (Å²) in [5.74, 6) is 0.607. The first-order valence-electron chi connectivity index (χ1n) is 9.41. The van der Waals surface area contributed by atoms with Crippen LogP contribution in [-0.4, -0.2) is 18.0 Å². The van der Waals surface area contributed by atoms with Crippen molar-refractivity contribution in [2.24, 2.45) is 0 Å². The molecule has 4 nitrogen and oxygen atoms in total. The van der Waals surface area contributed by atoms with E-state index in [-0.39, 0.29) is 5.91 Å². The third kappa shape index (κ3) is 4.50. The van der Waals surface area contributed by atoms with Crippen molar-refractivity contribution in [2.75, 3.05) is 12.4 Å². The summed E-state index contributed by atoms with van der Waals surface area (Å²) in [5, 5.41) is 3.41. The Morgan fingerprint density at radius 1 is 0.833 bits per heavy atom. The summed E-state index contributed by atoms with van der Waals surface area (Å²) in [5.41, 5.74) is 4.94. The molecule has 3 aromatic carbocycles. The second kappa shape index (κ2) is 8.80. The molecule has 4 rings (SSSR count). The summed E-state index contributed by atoms with van der Waals surface area (Å²) in [6.45, 7) is 0. The maximum Gasteiger partial charge on any atom is 0.255 e. The highest BCUT2D eigenvalue weighted by molar-refractivity contribution is 6.31. The second-order valence-electron chi connectivity index (χ2n) is 6.68. The number of carbonyl (C=O) groups is 1. The molecule has 0 bridgehead atoms. The van der Waals surface area contributed by atoms with E-state index in [0.29, 0.717) is 16.3 Å². The molecule has 5 heteroatoms. The number of hydrogen-bond donors (Lipinski definition) is 1. The van der Waals surface area contributed by atoms with Gasteiger partial charge in [-0.3, -0.25) is 4.79 Å². The third-order valence-electron chi connectivity index (χ3n) is 4.66. The summed E-state index contributed by atoms with van der Waals surface area (Å²) >= 11 is 5.96. The number of methoxy groups -OCH3 is 1. The quantitative estimate of drug-likeness (QED) is 0.415. The number of ether oxygens (including phenoxy) is 1. The van der Waals surface area contributed by atoms with Gasteiger partial charge in [0.25, 0.3) is 5.91 Å². The van der Waals surface area contributed by atoms with Gasteiger partial charge < -0.3 is 10.1 Å². The molecule has 1 aromatic heterocycles. The number of amides is 1. The van der Waals surface area contributed by atoms with E-state index in [1.54, 1.807) is 31.4 Å². The van der Waals surface area contributed by atoms with Crippen molar-refractivity contribution in [1.29, 1.82) is 0 Å². The normalized spacial score (nSPS) is 10.5. The lowest BCUT2D eigenvalue weighted by Crippen LogP contribution is -2.11. The van der Waals surface area contributed by atoms with E-state index >= 15 is 0 Å². The van der Waals surface area contributed by atoms with E-state index in [9.17, 15) is 4.79 Å². The Hall–Kier alpha value is -3.63. The summed E-state index contributed by atoms with van der Waals surface area (Å²) < 4.78 is 5.21. The van der Waals surface area contributed by atoms with Crippen molar-refractivity contribution >= 4 is 23.2 Å². The molecule has 4 aromatic rings. The minimum absolute atomic E-state index is 0.204. The predicted octanol–water partition coefficient (Wildman–Crippen LogP) is 6.33. The van der Waals surface area contributed by atoms with Crippen molar-refractivity contribution in [2.45, 2.75) is 0 Å². The largest absolute Gasteiger partial charge is 0.497 e. The molecular weight excluding hydrogens is 396 g/mol. The Bertz CT molecular complexity index is 1170. The number of carbonyl (C=O) groups excluding carboxylic acids is 1. The summed E-state index contributed by atoms with van der Waals surface area (Å²) in [7, 11) is 1.65. The Morgan fingerprint density at radius 2 is 1.43 bits per heavy atom. The lowest BCUT2D eigenvalue weighted by atomic mass is 10.1. The van der Waals surface area contributed by atoms with E-state index < -0.39 is 0 Å². The molecule has 1 heterocycles. The van der Waals surface area contributed by atoms with Crippen molar-refractivity contribution in [3.63, 3.8) is 0 Å². The fraction of sp³-hybridized carbons (Fsp3) is 0.0400. The highest BCUT2D eigenvalue weighted by Gasteiger charge is 2.08. The average molecular weight is 415 g/mol. The zero-order valence-corrected chi connectivity index (χ0v) is 17.1. The highest BCUT2D eigenvalue weighted by atomic mass is 35.5. The van der Waals surface area contributed by atoms with Crippen LogP contribution in [-0.2, 0) is 0 Å². The van der Waals surface area contributed by atoms with Gasteiger partial charge in [0.15, 0.2) is 0 Å². The van der Waals surface area contributed by atoms with Gasteiger partial charge in [-0.15, -0.1) is 0 Å². The lowest BCUT2D eigenvalue weighted by molar-refractivity contribution is 0.102. The summed E-state index contributed by atoms with van der Waals surface area (Å²) in [6.07, 6.45) is 0. The molecule has 0 aliphatic carbocycles. The molecule has 148 valence electrons. The maximum atomic E-state index is 12.4. The van der Waals surface area contributed by atoms with E-state index in [4.69, 9.17) is 21.3 Å². The first-order chi connectivity index (χ1) is 14.6. The van der Waals surface area contributed by atoms with Crippen LogP contribution in [0.25, 0.3) is 22.5 Å². The van der Waals surface area contributed by atoms with Gasteiger partial charge in [0, 0.05) is 27.4 Å². The topological polar surface area (TPSA) is 51.2 Å². The number of anilines is 1. The van der Waals surface area contributed by atoms with Crippen LogP contribution in [0, 0.1) is 0 Å². The lowest BCUT2D eigenvalue weighted by Gasteiger charge is -2.08. The first kappa shape index (κ1) is 19.7. The molecule has 0 radical (unpaired) electrons. The molecular formula is C25H19ClN2O2. The van der Waals surface area contributed by atoms with Crippen LogP contribution in [0.3, 0.4) is 0 Å². The van der Waals surface area contributed by atoms with E-state index in [2.05, 4.69) is 5.32 Å². The molecule has 0 saturated heterocycles. The smallest absolute Gasteiger partial charge is 0.255 e. The van der Waals surface area contributed by atoms with Crippen molar-refractivity contribution < 1.29 is 9.53 Å². The summed E-state index contributed by atoms with van der Waals surface area (Å²) in [6, 6.07) is 28.2. The average Bonchev–Trinajstić information content (AvgIpc) is 2.80. The predicted molar refractivity (Wildman–Crippen MR) is 121 cm³/mol. The molecule has 0 aliphatic rings. The van der Waals surface area contributed by atoms with Gasteiger partial charge in [-0.05, 0) is 66.7 Å². The summed E-state index contributed by atoms with van der Waals surface area (Å²) in [4.78, 5) is 17.2. The number of aromatic nitrogens is 1. The van der Waals surface area contributed by atoms with Gasteiger partial charge in [-0.25, -0.2) is 4.98 Å². The highest BCUT2D eigenvalue weighted by Crippen LogP contribution is 2.25. The monoisotopic (exact) mass is 414 g/mol. The fourth-order valence-electron chi connectivity index (χ4n) is 3.08. The molecule has 0 aliphatic heterocycles. The van der Waals surface area contributed by atoms with Crippen LogP contribution >= 0.6 is 11.6 Å². The minimum Gasteiger partial charge on any atom is -0.497 e. The molecule has 0 fully saturated rings. The van der Waals surface area contributed by atoms with Crippen molar-refractivity contribution in [3.8, 4) is 28.3 Å². The second-order valence-corrected chi connectivity index (χ2v) is 7.11. The minimum atomic E-state index is -0.204. The number of halogens is 1. The van der Waals surface area contributed by atoms with Crippen molar-refractivity contribution in [1.82, 2.24) is 4.98 Å². The standard InChI is InChI=1S/C25H19ClN2O2/c1-30-22-14-10-18(11-15-22)24-7-3-6-23(28-24)17-8-12-21(13-9-17)27-25(29)19-4-2-5-20(26)16-19/h2-16H,1H3,(H,27,29). The van der Waals surface area contributed by atoms with Crippen LogP contribution in [0.5, 0.6) is 5.75 Å². The van der Waals surface area contributed by atoms with Crippen LogP contribution < -0.4 is 10.1 Å². The Labute approximate surface area is 180 Å². The van der Waals surface area contributed by atoms with E-state index in [1.165, 1.54) is 0 Å². The number of nitrogens with zero attached hydrogens (tertiary/aromatic N) is 1. The Morgan fingerprint density at radius 3 is 2.03 bits per heavy atom. The first-order valence-corrected chi connectivity index (χ1v) is 9.79. The molecule has 0 unspecified atom stereocenters. The molecule has 0 saturated carbocycles. The molecule has 0 atom stereocenters. The van der Waals surface area contributed by atoms with Crippen LogP contribution in [0.1, 0.15) is 10.4 Å². The van der Waals surface area contributed by atoms with Crippen molar-refractivity contribution in [3.05, 3.63) is 102 Å². The van der Waals surface area contributed by atoms with Crippen LogP contribution in [0.4, 0.5) is 5.69 Å². The van der Waals surface area contributed by atoms with Gasteiger partial charge in [0.2, 0.25) is 0 Å². The number of pyridine rings is 1. The van der Waals surface area contributed by atoms with E-state index in [1.807, 2.05) is 66.7 Å².